The minimum Gasteiger partial charge on any atom is -0.496 e. The van der Waals surface area contributed by atoms with Gasteiger partial charge in [-0.25, -0.2) is 8.42 Å². The van der Waals surface area contributed by atoms with Crippen LogP contribution in [-0.2, 0) is 16.6 Å². The highest BCUT2D eigenvalue weighted by molar-refractivity contribution is 7.89. The molecule has 0 spiro atoms. The summed E-state index contributed by atoms with van der Waals surface area (Å²) in [6.45, 7) is 5.39. The molecule has 6 nitrogen and oxygen atoms in total. The molecule has 1 aromatic heterocycles. The van der Waals surface area contributed by atoms with Crippen molar-refractivity contribution in [1.29, 1.82) is 0 Å². The van der Waals surface area contributed by atoms with Crippen LogP contribution in [0.5, 0.6) is 11.5 Å². The monoisotopic (exact) mass is 390 g/mol. The summed E-state index contributed by atoms with van der Waals surface area (Å²) >= 11 is 0. The molecule has 0 bridgehead atoms. The van der Waals surface area contributed by atoms with Crippen molar-refractivity contribution >= 4 is 10.0 Å². The van der Waals surface area contributed by atoms with Gasteiger partial charge < -0.3 is 9.47 Å². The van der Waals surface area contributed by atoms with Crippen molar-refractivity contribution in [2.45, 2.75) is 44.6 Å². The summed E-state index contributed by atoms with van der Waals surface area (Å²) in [6, 6.07) is 6.60. The maximum atomic E-state index is 12.7. The Morgan fingerprint density at radius 1 is 1.07 bits per heavy atom. The molecule has 1 saturated heterocycles. The standard InChI is InChI=1S/C20H26N2O4S/c1-15-13-21-19(16(2)20(15)25-3)14-26-17-7-9-18(10-8-17)27(23,24)22-11-5-4-6-12-22/h7-10,13H,4-6,11-12,14H2,1-3H3. The molecular formula is C20H26N2O4S. The number of aryl methyl sites for hydroxylation is 1. The summed E-state index contributed by atoms with van der Waals surface area (Å²) in [7, 11) is -1.78. The maximum Gasteiger partial charge on any atom is 0.243 e. The fraction of sp³-hybridized carbons (Fsp3) is 0.450. The Labute approximate surface area is 161 Å². The molecule has 146 valence electrons. The number of hydrogen-bond donors (Lipinski definition) is 0. The van der Waals surface area contributed by atoms with E-state index in [-0.39, 0.29) is 0 Å². The minimum atomic E-state index is -3.42. The van der Waals surface area contributed by atoms with E-state index in [0.29, 0.717) is 30.3 Å². The first-order valence-electron chi connectivity index (χ1n) is 9.15. The SMILES string of the molecule is COc1c(C)cnc(COc2ccc(S(=O)(=O)N3CCCCC3)cc2)c1C. The van der Waals surface area contributed by atoms with Crippen molar-refractivity contribution in [2.24, 2.45) is 0 Å². The molecule has 7 heteroatoms. The normalized spacial score (nSPS) is 15.5. The van der Waals surface area contributed by atoms with Crippen LogP contribution in [0.4, 0.5) is 0 Å². The Balaban J connectivity index is 1.70. The maximum absolute atomic E-state index is 12.7. The fourth-order valence-electron chi connectivity index (χ4n) is 3.33. The minimum absolute atomic E-state index is 0.292. The number of pyridine rings is 1. The lowest BCUT2D eigenvalue weighted by Gasteiger charge is -2.25. The van der Waals surface area contributed by atoms with E-state index in [1.165, 1.54) is 0 Å². The van der Waals surface area contributed by atoms with Gasteiger partial charge in [0.15, 0.2) is 0 Å². The lowest BCUT2D eigenvalue weighted by atomic mass is 10.1. The predicted molar refractivity (Wildman–Crippen MR) is 104 cm³/mol. The van der Waals surface area contributed by atoms with Gasteiger partial charge in [-0.1, -0.05) is 6.42 Å². The molecule has 1 aromatic carbocycles. The number of hydrogen-bond acceptors (Lipinski definition) is 5. The topological polar surface area (TPSA) is 68.7 Å². The second kappa shape index (κ2) is 8.27. The molecule has 2 aromatic rings. The largest absolute Gasteiger partial charge is 0.496 e. The van der Waals surface area contributed by atoms with E-state index in [0.717, 1.165) is 41.8 Å². The van der Waals surface area contributed by atoms with E-state index >= 15 is 0 Å². The zero-order valence-corrected chi connectivity index (χ0v) is 16.9. The van der Waals surface area contributed by atoms with E-state index in [2.05, 4.69) is 4.98 Å². The second-order valence-corrected chi connectivity index (χ2v) is 8.71. The molecule has 0 amide bonds. The molecule has 0 atom stereocenters. The van der Waals surface area contributed by atoms with Gasteiger partial charge in [-0.2, -0.15) is 4.31 Å². The van der Waals surface area contributed by atoms with E-state index in [4.69, 9.17) is 9.47 Å². The molecule has 0 N–H and O–H groups in total. The number of methoxy groups -OCH3 is 1. The molecule has 0 radical (unpaired) electrons. The van der Waals surface area contributed by atoms with Crippen LogP contribution in [0.2, 0.25) is 0 Å². The molecular weight excluding hydrogens is 364 g/mol. The Morgan fingerprint density at radius 2 is 1.74 bits per heavy atom. The smallest absolute Gasteiger partial charge is 0.243 e. The lowest BCUT2D eigenvalue weighted by Crippen LogP contribution is -2.35. The van der Waals surface area contributed by atoms with Gasteiger partial charge in [0.25, 0.3) is 0 Å². The van der Waals surface area contributed by atoms with Crippen molar-refractivity contribution in [3.05, 3.63) is 47.3 Å². The lowest BCUT2D eigenvalue weighted by molar-refractivity contribution is 0.298. The Bertz CT molecular complexity index is 889. The van der Waals surface area contributed by atoms with Gasteiger partial charge in [0.1, 0.15) is 18.1 Å². The van der Waals surface area contributed by atoms with Crippen molar-refractivity contribution in [3.63, 3.8) is 0 Å². The first-order chi connectivity index (χ1) is 12.9. The number of nitrogens with zero attached hydrogens (tertiary/aromatic N) is 2. The van der Waals surface area contributed by atoms with Gasteiger partial charge in [0.2, 0.25) is 10.0 Å². The zero-order valence-electron chi connectivity index (χ0n) is 16.1. The van der Waals surface area contributed by atoms with Gasteiger partial charge in [0.05, 0.1) is 17.7 Å². The van der Waals surface area contributed by atoms with E-state index in [1.54, 1.807) is 41.9 Å². The number of aromatic nitrogens is 1. The highest BCUT2D eigenvalue weighted by atomic mass is 32.2. The summed E-state index contributed by atoms with van der Waals surface area (Å²) < 4.78 is 38.2. The van der Waals surface area contributed by atoms with Gasteiger partial charge in [0, 0.05) is 30.4 Å². The molecule has 0 unspecified atom stereocenters. The first-order valence-corrected chi connectivity index (χ1v) is 10.6. The Morgan fingerprint density at radius 3 is 2.37 bits per heavy atom. The van der Waals surface area contributed by atoms with Gasteiger partial charge in [-0.15, -0.1) is 0 Å². The van der Waals surface area contributed by atoms with Crippen LogP contribution in [0.3, 0.4) is 0 Å². The van der Waals surface area contributed by atoms with E-state index < -0.39 is 10.0 Å². The number of sulfonamides is 1. The van der Waals surface area contributed by atoms with Crippen molar-refractivity contribution < 1.29 is 17.9 Å². The quantitative estimate of drug-likeness (QED) is 0.756. The number of benzene rings is 1. The number of piperidine rings is 1. The number of ether oxygens (including phenoxy) is 2. The predicted octanol–water partition coefficient (Wildman–Crippen LogP) is 3.46. The summed E-state index contributed by atoms with van der Waals surface area (Å²) in [5, 5.41) is 0. The van der Waals surface area contributed by atoms with E-state index in [1.807, 2.05) is 13.8 Å². The molecule has 1 aliphatic heterocycles. The molecule has 1 aliphatic rings. The molecule has 0 aliphatic carbocycles. The average Bonchev–Trinajstić information content (AvgIpc) is 2.69. The van der Waals surface area contributed by atoms with Crippen LogP contribution < -0.4 is 9.47 Å². The summed E-state index contributed by atoms with van der Waals surface area (Å²) in [5.41, 5.74) is 2.72. The molecule has 3 rings (SSSR count). The number of rotatable bonds is 6. The van der Waals surface area contributed by atoms with Crippen LogP contribution in [0.25, 0.3) is 0 Å². The summed E-state index contributed by atoms with van der Waals surface area (Å²) in [6.07, 6.45) is 4.70. The molecule has 0 saturated carbocycles. The third kappa shape index (κ3) is 4.25. The van der Waals surface area contributed by atoms with Crippen LogP contribution in [0, 0.1) is 13.8 Å². The highest BCUT2D eigenvalue weighted by Crippen LogP contribution is 2.26. The first kappa shape index (κ1) is 19.6. The van der Waals surface area contributed by atoms with E-state index in [9.17, 15) is 8.42 Å². The van der Waals surface area contributed by atoms with Gasteiger partial charge in [-0.3, -0.25) is 4.98 Å². The van der Waals surface area contributed by atoms with Crippen LogP contribution in [0.1, 0.15) is 36.1 Å². The summed E-state index contributed by atoms with van der Waals surface area (Å²) in [5.74, 6) is 1.42. The van der Waals surface area contributed by atoms with Crippen molar-refractivity contribution in [3.8, 4) is 11.5 Å². The van der Waals surface area contributed by atoms with Gasteiger partial charge >= 0.3 is 0 Å². The zero-order chi connectivity index (χ0) is 19.4. The Hall–Kier alpha value is -2.12. The molecule has 1 fully saturated rings. The Kier molecular flexibility index (Phi) is 6.01. The molecule has 27 heavy (non-hydrogen) atoms. The highest BCUT2D eigenvalue weighted by Gasteiger charge is 2.25. The average molecular weight is 391 g/mol. The third-order valence-corrected chi connectivity index (χ3v) is 6.81. The molecule has 2 heterocycles. The van der Waals surface area contributed by atoms with Crippen molar-refractivity contribution in [2.75, 3.05) is 20.2 Å². The van der Waals surface area contributed by atoms with Crippen LogP contribution in [0.15, 0.2) is 35.4 Å². The van der Waals surface area contributed by atoms with Crippen molar-refractivity contribution in [1.82, 2.24) is 9.29 Å². The third-order valence-electron chi connectivity index (χ3n) is 4.90. The van der Waals surface area contributed by atoms with Crippen LogP contribution >= 0.6 is 0 Å². The van der Waals surface area contributed by atoms with Gasteiger partial charge in [-0.05, 0) is 51.0 Å². The van der Waals surface area contributed by atoms with Crippen LogP contribution in [-0.4, -0.2) is 37.9 Å². The second-order valence-electron chi connectivity index (χ2n) is 6.77. The fourth-order valence-corrected chi connectivity index (χ4v) is 4.85. The summed E-state index contributed by atoms with van der Waals surface area (Å²) in [4.78, 5) is 4.72.